The topological polar surface area (TPSA) is 98.1 Å². The molecule has 1 heterocycles. The molecule has 2 N–H and O–H groups in total. The van der Waals surface area contributed by atoms with Gasteiger partial charge in [-0.15, -0.1) is 16.8 Å². The molecule has 0 aliphatic carbocycles. The van der Waals surface area contributed by atoms with Crippen LogP contribution in [0.5, 0.6) is 5.75 Å². The number of ether oxygens (including phenoxy) is 1. The second kappa shape index (κ2) is 12.0. The van der Waals surface area contributed by atoms with Gasteiger partial charge >= 0.3 is 0 Å². The minimum atomic E-state index is -0.383. The summed E-state index contributed by atoms with van der Waals surface area (Å²) >= 11 is 1.27. The van der Waals surface area contributed by atoms with Gasteiger partial charge in [0.05, 0.1) is 18.4 Å². The summed E-state index contributed by atoms with van der Waals surface area (Å²) in [4.78, 5) is 25.2. The van der Waals surface area contributed by atoms with E-state index >= 15 is 0 Å². The molecule has 0 saturated carbocycles. The van der Waals surface area contributed by atoms with E-state index in [2.05, 4.69) is 27.4 Å². The lowest BCUT2D eigenvalue weighted by Gasteiger charge is -2.16. The summed E-state index contributed by atoms with van der Waals surface area (Å²) < 4.78 is 7.27. The van der Waals surface area contributed by atoms with E-state index in [4.69, 9.17) is 4.74 Å². The minimum absolute atomic E-state index is 0.159. The fourth-order valence-electron chi connectivity index (χ4n) is 3.32. The molecular weight excluding hydrogens is 450 g/mol. The first-order valence-corrected chi connectivity index (χ1v) is 12.0. The number of rotatable bonds is 11. The van der Waals surface area contributed by atoms with Gasteiger partial charge in [0, 0.05) is 17.8 Å². The van der Waals surface area contributed by atoms with Crippen LogP contribution in [0.25, 0.3) is 0 Å². The molecule has 8 nitrogen and oxygen atoms in total. The van der Waals surface area contributed by atoms with Crippen LogP contribution in [0, 0.1) is 6.92 Å². The Kier molecular flexibility index (Phi) is 8.86. The van der Waals surface area contributed by atoms with Crippen molar-refractivity contribution in [2.24, 2.45) is 0 Å². The summed E-state index contributed by atoms with van der Waals surface area (Å²) in [6.07, 6.45) is 1.73. The van der Waals surface area contributed by atoms with Crippen molar-refractivity contribution in [3.8, 4) is 5.75 Å². The number of anilines is 1. The van der Waals surface area contributed by atoms with E-state index in [1.165, 1.54) is 11.8 Å². The van der Waals surface area contributed by atoms with Crippen LogP contribution in [0.1, 0.15) is 41.6 Å². The number of allylic oxidation sites excluding steroid dienone is 1. The Hall–Kier alpha value is -3.59. The van der Waals surface area contributed by atoms with Crippen molar-refractivity contribution in [3.05, 3.63) is 78.1 Å². The zero-order valence-electron chi connectivity index (χ0n) is 19.6. The highest BCUT2D eigenvalue weighted by Gasteiger charge is 2.21. The lowest BCUT2D eigenvalue weighted by atomic mass is 10.1. The highest BCUT2D eigenvalue weighted by Crippen LogP contribution is 2.22. The van der Waals surface area contributed by atoms with Crippen molar-refractivity contribution in [3.63, 3.8) is 0 Å². The van der Waals surface area contributed by atoms with Gasteiger partial charge in [0.2, 0.25) is 5.91 Å². The van der Waals surface area contributed by atoms with Gasteiger partial charge in [0.1, 0.15) is 5.75 Å². The van der Waals surface area contributed by atoms with Crippen LogP contribution in [-0.2, 0) is 11.3 Å². The van der Waals surface area contributed by atoms with Crippen LogP contribution in [0.3, 0.4) is 0 Å². The summed E-state index contributed by atoms with van der Waals surface area (Å²) in [6.45, 7) is 10.5. The van der Waals surface area contributed by atoms with Gasteiger partial charge < -0.3 is 19.9 Å². The molecule has 3 rings (SSSR count). The van der Waals surface area contributed by atoms with E-state index in [0.717, 1.165) is 11.3 Å². The molecule has 0 radical (unpaired) electrons. The molecule has 1 aromatic heterocycles. The maximum atomic E-state index is 12.7. The minimum Gasteiger partial charge on any atom is -0.494 e. The second-order valence-corrected chi connectivity index (χ2v) is 8.49. The maximum absolute atomic E-state index is 12.7. The number of hydrogen-bond donors (Lipinski definition) is 2. The number of hydrogen-bond acceptors (Lipinski definition) is 6. The number of carbonyl (C=O) groups excluding carboxylic acids is 2. The molecule has 178 valence electrons. The van der Waals surface area contributed by atoms with Gasteiger partial charge in [-0.05, 0) is 56.7 Å². The molecule has 2 amide bonds. The summed E-state index contributed by atoms with van der Waals surface area (Å²) in [6, 6.07) is 14.2. The molecule has 34 heavy (non-hydrogen) atoms. The monoisotopic (exact) mass is 479 g/mol. The molecule has 1 unspecified atom stereocenters. The molecule has 0 spiro atoms. The first-order chi connectivity index (χ1) is 16.4. The van der Waals surface area contributed by atoms with Crippen LogP contribution >= 0.6 is 11.8 Å². The number of nitrogens with zero attached hydrogens (tertiary/aromatic N) is 3. The summed E-state index contributed by atoms with van der Waals surface area (Å²) in [5.41, 5.74) is 2.20. The normalized spacial score (nSPS) is 11.5. The molecular formula is C25H29N5O3S. The Balaban J connectivity index is 1.63. The smallest absolute Gasteiger partial charge is 0.252 e. The zero-order valence-corrected chi connectivity index (χ0v) is 20.4. The van der Waals surface area contributed by atoms with E-state index in [1.54, 1.807) is 24.3 Å². The highest BCUT2D eigenvalue weighted by atomic mass is 32.2. The second-order valence-electron chi connectivity index (χ2n) is 7.54. The van der Waals surface area contributed by atoms with E-state index in [-0.39, 0.29) is 23.6 Å². The highest BCUT2D eigenvalue weighted by molar-refractivity contribution is 7.99. The first kappa shape index (κ1) is 25.0. The fraction of sp³-hybridized carbons (Fsp3) is 0.280. The predicted molar refractivity (Wildman–Crippen MR) is 134 cm³/mol. The fourth-order valence-corrected chi connectivity index (χ4v) is 4.08. The van der Waals surface area contributed by atoms with Gasteiger partial charge in [0.15, 0.2) is 11.0 Å². The van der Waals surface area contributed by atoms with Crippen molar-refractivity contribution in [2.75, 3.05) is 17.7 Å². The number of aromatic nitrogens is 3. The van der Waals surface area contributed by atoms with Gasteiger partial charge in [-0.3, -0.25) is 9.59 Å². The summed E-state index contributed by atoms with van der Waals surface area (Å²) in [5, 5.41) is 14.9. The number of thioether (sulfide) groups is 1. The van der Waals surface area contributed by atoms with Gasteiger partial charge in [0.25, 0.3) is 5.91 Å². The Morgan fingerprint density at radius 1 is 1.18 bits per heavy atom. The average molecular weight is 480 g/mol. The van der Waals surface area contributed by atoms with E-state index in [9.17, 15) is 9.59 Å². The Labute approximate surface area is 203 Å². The van der Waals surface area contributed by atoms with Gasteiger partial charge in [-0.25, -0.2) is 0 Å². The maximum Gasteiger partial charge on any atom is 0.252 e. The van der Waals surface area contributed by atoms with Crippen LogP contribution in [0.4, 0.5) is 5.69 Å². The molecule has 2 aromatic carbocycles. The summed E-state index contributed by atoms with van der Waals surface area (Å²) in [5.74, 6) is 1.17. The molecule has 9 heteroatoms. The quantitative estimate of drug-likeness (QED) is 0.313. The van der Waals surface area contributed by atoms with Crippen LogP contribution < -0.4 is 15.4 Å². The molecule has 0 fully saturated rings. The van der Waals surface area contributed by atoms with Crippen LogP contribution in [0.2, 0.25) is 0 Å². The largest absolute Gasteiger partial charge is 0.494 e. The molecule has 1 atom stereocenters. The van der Waals surface area contributed by atoms with Crippen molar-refractivity contribution in [1.82, 2.24) is 20.1 Å². The lowest BCUT2D eigenvalue weighted by Crippen LogP contribution is -2.29. The lowest BCUT2D eigenvalue weighted by molar-refractivity contribution is -0.113. The molecule has 0 bridgehead atoms. The standard InChI is InChI=1S/C25H29N5O3S/c1-5-15-30-23(18(4)26-24(32)21-10-8-7-9-17(21)3)28-29-25(30)34-16-22(31)27-19-11-13-20(14-12-19)33-6-2/h5,7-14,18H,1,6,15-16H2,2-4H3,(H,26,32)(H,27,31). The van der Waals surface area contributed by atoms with E-state index < -0.39 is 0 Å². The molecule has 0 aliphatic heterocycles. The number of benzene rings is 2. The predicted octanol–water partition coefficient (Wildman–Crippen LogP) is 4.39. The number of carbonyl (C=O) groups is 2. The van der Waals surface area contributed by atoms with Crippen molar-refractivity contribution < 1.29 is 14.3 Å². The summed E-state index contributed by atoms with van der Waals surface area (Å²) in [7, 11) is 0. The van der Waals surface area contributed by atoms with Crippen molar-refractivity contribution in [1.29, 1.82) is 0 Å². The van der Waals surface area contributed by atoms with Gasteiger partial charge in [-0.2, -0.15) is 0 Å². The first-order valence-electron chi connectivity index (χ1n) is 11.0. The average Bonchev–Trinajstić information content (AvgIpc) is 3.22. The Morgan fingerprint density at radius 2 is 1.91 bits per heavy atom. The van der Waals surface area contributed by atoms with E-state index in [0.29, 0.717) is 35.4 Å². The van der Waals surface area contributed by atoms with E-state index in [1.807, 2.05) is 55.7 Å². The molecule has 0 saturated heterocycles. The molecule has 3 aromatic rings. The third-order valence-electron chi connectivity index (χ3n) is 4.96. The number of amides is 2. The third-order valence-corrected chi connectivity index (χ3v) is 5.93. The van der Waals surface area contributed by atoms with Gasteiger partial charge in [-0.1, -0.05) is 36.0 Å². The zero-order chi connectivity index (χ0) is 24.5. The SMILES string of the molecule is C=CCn1c(SCC(=O)Nc2ccc(OCC)cc2)nnc1C(C)NC(=O)c1ccccc1C. The van der Waals surface area contributed by atoms with Crippen LogP contribution in [0.15, 0.2) is 66.3 Å². The Bertz CT molecular complexity index is 1140. The Morgan fingerprint density at radius 3 is 2.59 bits per heavy atom. The number of nitrogens with one attached hydrogen (secondary N) is 2. The van der Waals surface area contributed by atoms with Crippen LogP contribution in [-0.4, -0.2) is 38.9 Å². The third kappa shape index (κ3) is 6.48. The van der Waals surface area contributed by atoms with Crippen molar-refractivity contribution >= 4 is 29.3 Å². The van der Waals surface area contributed by atoms with Crippen molar-refractivity contribution in [2.45, 2.75) is 38.5 Å². The molecule has 0 aliphatic rings. The number of aryl methyl sites for hydroxylation is 1.